The lowest BCUT2D eigenvalue weighted by Gasteiger charge is -2.42. The highest BCUT2D eigenvalue weighted by Gasteiger charge is 2.52. The van der Waals surface area contributed by atoms with E-state index in [2.05, 4.69) is 10.2 Å². The molecule has 122 valence electrons. The molecule has 22 heavy (non-hydrogen) atoms. The quantitative estimate of drug-likeness (QED) is 0.876. The number of likely N-dealkylation sites (tertiary alicyclic amines) is 1. The van der Waals surface area contributed by atoms with E-state index in [1.165, 1.54) is 0 Å². The molecule has 6 nitrogen and oxygen atoms in total. The minimum atomic E-state index is -0.334. The van der Waals surface area contributed by atoms with E-state index in [9.17, 15) is 9.90 Å². The number of aromatic nitrogens is 2. The van der Waals surface area contributed by atoms with Crippen molar-refractivity contribution in [3.63, 3.8) is 0 Å². The molecule has 0 unspecified atom stereocenters. The third kappa shape index (κ3) is 2.44. The normalized spacial score (nSPS) is 31.4. The van der Waals surface area contributed by atoms with Crippen LogP contribution in [0.5, 0.6) is 0 Å². The fourth-order valence-corrected chi connectivity index (χ4v) is 4.06. The Morgan fingerprint density at radius 1 is 1.50 bits per heavy atom. The molecule has 2 aliphatic rings. The van der Waals surface area contributed by atoms with Gasteiger partial charge in [-0.15, -0.1) is 0 Å². The van der Waals surface area contributed by atoms with Crippen molar-refractivity contribution in [2.45, 2.75) is 63.7 Å². The van der Waals surface area contributed by atoms with Crippen LogP contribution in [0.15, 0.2) is 0 Å². The molecule has 1 aliphatic heterocycles. The minimum absolute atomic E-state index is 0.0127. The van der Waals surface area contributed by atoms with Gasteiger partial charge in [0.2, 0.25) is 5.91 Å². The number of methoxy groups -OCH3 is 1. The minimum Gasteiger partial charge on any atom is -0.393 e. The molecule has 3 atom stereocenters. The third-order valence-electron chi connectivity index (χ3n) is 5.49. The van der Waals surface area contributed by atoms with Crippen LogP contribution in [0.3, 0.4) is 0 Å². The van der Waals surface area contributed by atoms with Gasteiger partial charge in [0.15, 0.2) is 0 Å². The van der Waals surface area contributed by atoms with Gasteiger partial charge in [0.25, 0.3) is 0 Å². The summed E-state index contributed by atoms with van der Waals surface area (Å²) in [4.78, 5) is 14.7. The zero-order chi connectivity index (χ0) is 15.9. The summed E-state index contributed by atoms with van der Waals surface area (Å²) in [6.07, 6.45) is 3.08. The smallest absolute Gasteiger partial charge is 0.227 e. The Bertz CT molecular complexity index is 551. The number of aliphatic hydroxyl groups excluding tert-OH is 1. The zero-order valence-electron chi connectivity index (χ0n) is 13.6. The standard InChI is InChI=1S/C16H25N3O3/c1-10-13(11(2)18-17-10)9-15(21)19-7-6-16(22-3)5-4-12(20)8-14(16)19/h12,14,20H,4-9H2,1-3H3,(H,17,18)/t12-,14-,16+/m0/s1. The number of hydrogen-bond donors (Lipinski definition) is 2. The summed E-state index contributed by atoms with van der Waals surface area (Å²) < 4.78 is 5.79. The van der Waals surface area contributed by atoms with Crippen LogP contribution < -0.4 is 0 Å². The number of hydrogen-bond acceptors (Lipinski definition) is 4. The van der Waals surface area contributed by atoms with Crippen molar-refractivity contribution in [1.82, 2.24) is 15.1 Å². The number of ether oxygens (including phenoxy) is 1. The van der Waals surface area contributed by atoms with Crippen LogP contribution in [0.25, 0.3) is 0 Å². The van der Waals surface area contributed by atoms with E-state index in [0.29, 0.717) is 19.4 Å². The highest BCUT2D eigenvalue weighted by atomic mass is 16.5. The predicted molar refractivity (Wildman–Crippen MR) is 81.5 cm³/mol. The molecule has 1 aliphatic carbocycles. The van der Waals surface area contributed by atoms with Crippen LogP contribution in [0.4, 0.5) is 0 Å². The summed E-state index contributed by atoms with van der Waals surface area (Å²) in [5, 5.41) is 17.1. The zero-order valence-corrected chi connectivity index (χ0v) is 13.6. The van der Waals surface area contributed by atoms with Gasteiger partial charge in [-0.2, -0.15) is 5.10 Å². The van der Waals surface area contributed by atoms with Gasteiger partial charge in [-0.3, -0.25) is 9.89 Å². The summed E-state index contributed by atoms with van der Waals surface area (Å²) in [6.45, 7) is 4.57. The van der Waals surface area contributed by atoms with Crippen LogP contribution in [-0.4, -0.2) is 57.5 Å². The van der Waals surface area contributed by atoms with Gasteiger partial charge in [0.05, 0.1) is 29.9 Å². The highest BCUT2D eigenvalue weighted by Crippen LogP contribution is 2.42. The van der Waals surface area contributed by atoms with E-state index in [1.807, 2.05) is 18.7 Å². The molecule has 1 saturated carbocycles. The average Bonchev–Trinajstić information content (AvgIpc) is 3.02. The van der Waals surface area contributed by atoms with Crippen LogP contribution in [0.1, 0.15) is 42.6 Å². The maximum Gasteiger partial charge on any atom is 0.227 e. The SMILES string of the molecule is CO[C@@]12CC[C@H](O)C[C@@H]1N(C(=O)Cc1c(C)n[nH]c1C)CC2. The number of aliphatic hydroxyl groups is 1. The van der Waals surface area contributed by atoms with E-state index in [0.717, 1.165) is 36.2 Å². The van der Waals surface area contributed by atoms with Crippen molar-refractivity contribution in [1.29, 1.82) is 0 Å². The number of rotatable bonds is 3. The molecule has 6 heteroatoms. The second-order valence-corrected chi connectivity index (χ2v) is 6.64. The lowest BCUT2D eigenvalue weighted by molar-refractivity contribution is -0.139. The van der Waals surface area contributed by atoms with Crippen molar-refractivity contribution >= 4 is 5.91 Å². The molecular weight excluding hydrogens is 282 g/mol. The Morgan fingerprint density at radius 3 is 2.91 bits per heavy atom. The van der Waals surface area contributed by atoms with Crippen LogP contribution in [-0.2, 0) is 16.0 Å². The van der Waals surface area contributed by atoms with Crippen LogP contribution in [0.2, 0.25) is 0 Å². The summed E-state index contributed by atoms with van der Waals surface area (Å²) in [6, 6.07) is -0.0127. The largest absolute Gasteiger partial charge is 0.393 e. The lowest BCUT2D eigenvalue weighted by atomic mass is 9.79. The fourth-order valence-electron chi connectivity index (χ4n) is 4.06. The number of carbonyl (C=O) groups is 1. The molecule has 2 fully saturated rings. The maximum absolute atomic E-state index is 12.8. The molecule has 0 bridgehead atoms. The first-order valence-electron chi connectivity index (χ1n) is 8.00. The van der Waals surface area contributed by atoms with Crippen LogP contribution in [0, 0.1) is 13.8 Å². The van der Waals surface area contributed by atoms with E-state index in [1.54, 1.807) is 7.11 Å². The van der Waals surface area contributed by atoms with Crippen LogP contribution >= 0.6 is 0 Å². The molecule has 0 spiro atoms. The first-order valence-corrected chi connectivity index (χ1v) is 8.00. The van der Waals surface area contributed by atoms with Crippen molar-refractivity contribution in [3.05, 3.63) is 17.0 Å². The summed E-state index contributed by atoms with van der Waals surface area (Å²) in [5.41, 5.74) is 2.55. The van der Waals surface area contributed by atoms with Gasteiger partial charge >= 0.3 is 0 Å². The predicted octanol–water partition coefficient (Wildman–Crippen LogP) is 1.10. The van der Waals surface area contributed by atoms with Gasteiger partial charge < -0.3 is 14.7 Å². The number of aromatic amines is 1. The molecule has 2 N–H and O–H groups in total. The summed E-state index contributed by atoms with van der Waals surface area (Å²) in [7, 11) is 1.73. The molecule has 1 saturated heterocycles. The first kappa shape index (κ1) is 15.5. The Labute approximate surface area is 130 Å². The molecule has 1 amide bonds. The van der Waals surface area contributed by atoms with Crippen molar-refractivity contribution in [2.24, 2.45) is 0 Å². The molecule has 1 aromatic rings. The number of H-pyrrole nitrogens is 1. The topological polar surface area (TPSA) is 78.5 Å². The molecule has 3 rings (SSSR count). The van der Waals surface area contributed by atoms with Gasteiger partial charge in [-0.1, -0.05) is 0 Å². The van der Waals surface area contributed by atoms with E-state index < -0.39 is 0 Å². The van der Waals surface area contributed by atoms with Gasteiger partial charge in [-0.05, 0) is 39.5 Å². The van der Waals surface area contributed by atoms with Crippen molar-refractivity contribution in [2.75, 3.05) is 13.7 Å². The second kappa shape index (κ2) is 5.66. The summed E-state index contributed by atoms with van der Waals surface area (Å²) in [5.74, 6) is 0.102. The van der Waals surface area contributed by atoms with Gasteiger partial charge in [0.1, 0.15) is 0 Å². The number of carbonyl (C=O) groups excluding carboxylic acids is 1. The third-order valence-corrected chi connectivity index (χ3v) is 5.49. The number of fused-ring (bicyclic) bond motifs is 1. The van der Waals surface area contributed by atoms with E-state index in [4.69, 9.17) is 4.74 Å². The number of amides is 1. The molecular formula is C16H25N3O3. The number of nitrogens with one attached hydrogen (secondary N) is 1. The number of aryl methyl sites for hydroxylation is 2. The van der Waals surface area contributed by atoms with E-state index >= 15 is 0 Å². The van der Waals surface area contributed by atoms with Gasteiger partial charge in [-0.25, -0.2) is 0 Å². The van der Waals surface area contributed by atoms with Gasteiger partial charge in [0, 0.05) is 24.9 Å². The average molecular weight is 307 g/mol. The Hall–Kier alpha value is -1.40. The molecule has 2 heterocycles. The Kier molecular flexibility index (Phi) is 3.99. The maximum atomic E-state index is 12.8. The highest BCUT2D eigenvalue weighted by molar-refractivity contribution is 5.80. The first-order chi connectivity index (χ1) is 10.5. The van der Waals surface area contributed by atoms with Crippen molar-refractivity contribution in [3.8, 4) is 0 Å². The molecule has 1 aromatic heterocycles. The number of nitrogens with zero attached hydrogens (tertiary/aromatic N) is 2. The fraction of sp³-hybridized carbons (Fsp3) is 0.750. The lowest BCUT2D eigenvalue weighted by Crippen LogP contribution is -2.53. The second-order valence-electron chi connectivity index (χ2n) is 6.64. The Morgan fingerprint density at radius 2 is 2.27 bits per heavy atom. The molecule has 0 radical (unpaired) electrons. The summed E-state index contributed by atoms with van der Waals surface area (Å²) >= 11 is 0. The molecule has 0 aromatic carbocycles. The van der Waals surface area contributed by atoms with E-state index in [-0.39, 0.29) is 23.7 Å². The van der Waals surface area contributed by atoms with Crippen molar-refractivity contribution < 1.29 is 14.6 Å². The monoisotopic (exact) mass is 307 g/mol. The Balaban J connectivity index is 1.78.